The van der Waals surface area contributed by atoms with E-state index >= 15 is 0 Å². The van der Waals surface area contributed by atoms with Gasteiger partial charge < -0.3 is 5.73 Å². The van der Waals surface area contributed by atoms with Gasteiger partial charge in [-0.15, -0.1) is 0 Å². The zero-order valence-corrected chi connectivity index (χ0v) is 16.5. The summed E-state index contributed by atoms with van der Waals surface area (Å²) in [5, 5.41) is 0. The molecule has 17 heavy (non-hydrogen) atoms. The normalized spacial score (nSPS) is 13.1. The summed E-state index contributed by atoms with van der Waals surface area (Å²) in [5.41, 5.74) is 7.18. The van der Waals surface area contributed by atoms with E-state index in [1.807, 2.05) is 0 Å². The first-order chi connectivity index (χ1) is 8.06. The second kappa shape index (κ2) is 8.67. The van der Waals surface area contributed by atoms with Crippen LogP contribution < -0.4 is 5.73 Å². The van der Waals surface area contributed by atoms with Gasteiger partial charge in [0, 0.05) is 0 Å². The number of rotatable bonds is 9. The first-order valence-electron chi connectivity index (χ1n) is 7.85. The fraction of sp³-hybridized carbons (Fsp3) is 1.00. The van der Waals surface area contributed by atoms with Gasteiger partial charge in [0.05, 0.1) is 26.4 Å². The van der Waals surface area contributed by atoms with E-state index in [0.717, 1.165) is 0 Å². The Morgan fingerprint density at radius 2 is 0.765 bits per heavy atom. The van der Waals surface area contributed by atoms with Crippen LogP contribution in [0.5, 0.6) is 0 Å². The molecule has 0 aromatic rings. The third-order valence-corrected chi connectivity index (χ3v) is 23.7. The van der Waals surface area contributed by atoms with E-state index in [-0.39, 0.29) is 0 Å². The fourth-order valence-electron chi connectivity index (χ4n) is 3.99. The lowest BCUT2D eigenvalue weighted by molar-refractivity contribution is 0.956. The van der Waals surface area contributed by atoms with E-state index in [4.69, 9.17) is 5.73 Å². The van der Waals surface area contributed by atoms with E-state index in [1.54, 1.807) is 0 Å². The van der Waals surface area contributed by atoms with Crippen LogP contribution in [0.15, 0.2) is 0 Å². The first-order valence-corrected chi connectivity index (χ1v) is 14.5. The summed E-state index contributed by atoms with van der Waals surface area (Å²) in [6, 6.07) is 8.58. The second-order valence-corrected chi connectivity index (χ2v) is 19.6. The van der Waals surface area contributed by atoms with E-state index in [2.05, 4.69) is 41.5 Å². The van der Waals surface area contributed by atoms with Crippen molar-refractivity contribution in [3.8, 4) is 0 Å². The molecule has 0 bridgehead atoms. The lowest BCUT2D eigenvalue weighted by atomic mass is 10.9. The molecule has 0 aliphatic rings. The zero-order valence-electron chi connectivity index (χ0n) is 13.1. The molecule has 0 aromatic heterocycles. The summed E-state index contributed by atoms with van der Waals surface area (Å²) >= 11 is 0. The van der Waals surface area contributed by atoms with Gasteiger partial charge >= 0.3 is 0 Å². The van der Waals surface area contributed by atoms with Crippen molar-refractivity contribution >= 4 is 26.4 Å². The summed E-state index contributed by atoms with van der Waals surface area (Å²) in [7, 11) is -2.12. The molecule has 0 heterocycles. The summed E-state index contributed by atoms with van der Waals surface area (Å²) in [4.78, 5) is 0. The van der Waals surface area contributed by atoms with E-state index in [0.29, 0.717) is 4.41 Å². The lowest BCUT2D eigenvalue weighted by Crippen LogP contribution is -2.71. The average molecular weight is 290 g/mol. The smallest absolute Gasteiger partial charge is 0.0518 e. The Hall–Kier alpha value is 0.611. The molecule has 0 spiro atoms. The molecule has 0 aliphatic heterocycles. The third kappa shape index (κ3) is 3.78. The molecular weight excluding hydrogens is 254 g/mol. The van der Waals surface area contributed by atoms with Crippen molar-refractivity contribution in [1.82, 2.24) is 0 Å². The van der Waals surface area contributed by atoms with Crippen LogP contribution in [-0.4, -0.2) is 30.8 Å². The predicted molar refractivity (Wildman–Crippen MR) is 91.3 cm³/mol. The number of hydrogen-bond acceptors (Lipinski definition) is 1. The molecule has 0 aromatic carbocycles. The zero-order chi connectivity index (χ0) is 13.5. The minimum absolute atomic E-state index is 0.469. The lowest BCUT2D eigenvalue weighted by Gasteiger charge is -2.46. The molecule has 0 unspecified atom stereocenters. The molecule has 4 heteroatoms. The molecular formula is C13H35NSi3. The van der Waals surface area contributed by atoms with Gasteiger partial charge in [0.25, 0.3) is 0 Å². The molecule has 0 radical (unpaired) electrons. The van der Waals surface area contributed by atoms with Crippen LogP contribution in [0.2, 0.25) is 36.3 Å². The van der Waals surface area contributed by atoms with Crippen LogP contribution in [0.3, 0.4) is 0 Å². The van der Waals surface area contributed by atoms with Gasteiger partial charge in [-0.25, -0.2) is 0 Å². The van der Waals surface area contributed by atoms with Gasteiger partial charge in [-0.05, 0) is 4.41 Å². The minimum atomic E-state index is -0.707. The second-order valence-electron chi connectivity index (χ2n) is 5.54. The van der Waals surface area contributed by atoms with Gasteiger partial charge in [-0.1, -0.05) is 77.8 Å². The Labute approximate surface area is 114 Å². The maximum atomic E-state index is 7.18. The van der Waals surface area contributed by atoms with Gasteiger partial charge in [0.1, 0.15) is 0 Å². The average Bonchev–Trinajstić information content (AvgIpc) is 2.33. The largest absolute Gasteiger partial charge is 0.333 e. The van der Waals surface area contributed by atoms with Crippen LogP contribution in [0.25, 0.3) is 0 Å². The molecule has 0 aliphatic carbocycles. The topological polar surface area (TPSA) is 26.0 Å². The third-order valence-electron chi connectivity index (χ3n) is 5.08. The molecule has 1 nitrogen and oxygen atoms in total. The SMILES string of the molecule is CC[SiH](CC)C(N)([SiH](CC)CC)[SiH](CC)CC. The molecule has 0 atom stereocenters. The number of hydrogen-bond donors (Lipinski definition) is 1. The van der Waals surface area contributed by atoms with Crippen molar-refractivity contribution in [2.24, 2.45) is 5.73 Å². The summed E-state index contributed by atoms with van der Waals surface area (Å²) < 4.78 is 0.469. The maximum absolute atomic E-state index is 7.18. The highest BCUT2D eigenvalue weighted by Crippen LogP contribution is 2.28. The van der Waals surface area contributed by atoms with Crippen molar-refractivity contribution in [2.75, 3.05) is 0 Å². The van der Waals surface area contributed by atoms with Gasteiger partial charge in [0.2, 0.25) is 0 Å². The van der Waals surface area contributed by atoms with Gasteiger partial charge in [-0.2, -0.15) is 0 Å². The Balaban J connectivity index is 5.29. The minimum Gasteiger partial charge on any atom is -0.333 e. The molecule has 0 saturated carbocycles. The van der Waals surface area contributed by atoms with Crippen molar-refractivity contribution < 1.29 is 0 Å². The van der Waals surface area contributed by atoms with Crippen LogP contribution in [-0.2, 0) is 0 Å². The maximum Gasteiger partial charge on any atom is 0.0518 e. The van der Waals surface area contributed by atoms with Crippen molar-refractivity contribution in [3.05, 3.63) is 0 Å². The monoisotopic (exact) mass is 289 g/mol. The Bertz CT molecular complexity index is 156. The van der Waals surface area contributed by atoms with Crippen molar-refractivity contribution in [3.63, 3.8) is 0 Å². The molecule has 0 amide bonds. The highest BCUT2D eigenvalue weighted by atomic mass is 28.4. The molecule has 0 saturated heterocycles. The van der Waals surface area contributed by atoms with E-state index in [1.165, 1.54) is 36.3 Å². The van der Waals surface area contributed by atoms with Crippen LogP contribution in [0.4, 0.5) is 0 Å². The molecule has 0 fully saturated rings. The summed E-state index contributed by atoms with van der Waals surface area (Å²) in [5.74, 6) is 0. The van der Waals surface area contributed by atoms with Crippen LogP contribution >= 0.6 is 0 Å². The van der Waals surface area contributed by atoms with E-state index < -0.39 is 26.4 Å². The van der Waals surface area contributed by atoms with Crippen molar-refractivity contribution in [2.45, 2.75) is 82.2 Å². The van der Waals surface area contributed by atoms with Gasteiger partial charge in [0.15, 0.2) is 0 Å². The van der Waals surface area contributed by atoms with Gasteiger partial charge in [-0.3, -0.25) is 0 Å². The summed E-state index contributed by atoms with van der Waals surface area (Å²) in [6.07, 6.45) is 0. The standard InChI is InChI=1S/C13H35NSi3/c1-7-15(8-2)13(14,16(9-3)10-4)17(11-5)12-6/h15-17H,7-12,14H2,1-6H3. The highest BCUT2D eigenvalue weighted by molar-refractivity contribution is 6.99. The fourth-order valence-corrected chi connectivity index (χ4v) is 26.4. The number of nitrogens with two attached hydrogens (primary N) is 1. The first kappa shape index (κ1) is 17.6. The van der Waals surface area contributed by atoms with Crippen molar-refractivity contribution in [1.29, 1.82) is 0 Å². The van der Waals surface area contributed by atoms with E-state index in [9.17, 15) is 0 Å². The van der Waals surface area contributed by atoms with Crippen LogP contribution in [0, 0.1) is 0 Å². The summed E-state index contributed by atoms with van der Waals surface area (Å²) in [6.45, 7) is 14.5. The molecule has 0 rings (SSSR count). The molecule has 2 N–H and O–H groups in total. The Morgan fingerprint density at radius 3 is 0.882 bits per heavy atom. The quantitative estimate of drug-likeness (QED) is 0.649. The Kier molecular flexibility index (Phi) is 8.98. The Morgan fingerprint density at radius 1 is 0.588 bits per heavy atom. The van der Waals surface area contributed by atoms with Crippen LogP contribution in [0.1, 0.15) is 41.5 Å². The molecule has 104 valence electrons. The highest BCUT2D eigenvalue weighted by Gasteiger charge is 2.45. The predicted octanol–water partition coefficient (Wildman–Crippen LogP) is 3.10.